The first-order chi connectivity index (χ1) is 17.0. The molecule has 0 aliphatic rings. The smallest absolute Gasteiger partial charge is 0.292 e. The molecule has 1 N–H and O–H groups in total. The third-order valence-electron chi connectivity index (χ3n) is 5.58. The SMILES string of the molecule is Cc1cc(NC(=O)c2ccc(COc3ccc4ccccc4c3)o2)nn1Cc1c(Cl)cccc1Cl. The number of amides is 1. The van der Waals surface area contributed by atoms with E-state index < -0.39 is 5.91 Å². The van der Waals surface area contributed by atoms with Crippen molar-refractivity contribution in [1.29, 1.82) is 0 Å². The summed E-state index contributed by atoms with van der Waals surface area (Å²) in [7, 11) is 0. The average molecular weight is 506 g/mol. The van der Waals surface area contributed by atoms with Gasteiger partial charge in [0.1, 0.15) is 18.1 Å². The van der Waals surface area contributed by atoms with E-state index in [0.717, 1.165) is 27.8 Å². The Morgan fingerprint density at radius 1 is 0.971 bits per heavy atom. The van der Waals surface area contributed by atoms with Gasteiger partial charge in [-0.05, 0) is 54.1 Å². The van der Waals surface area contributed by atoms with Crippen LogP contribution in [0.15, 0.2) is 83.3 Å². The van der Waals surface area contributed by atoms with E-state index in [1.807, 2.05) is 49.4 Å². The van der Waals surface area contributed by atoms with Crippen molar-refractivity contribution in [3.05, 3.63) is 112 Å². The van der Waals surface area contributed by atoms with Crippen LogP contribution in [-0.4, -0.2) is 15.7 Å². The van der Waals surface area contributed by atoms with Crippen molar-refractivity contribution in [2.75, 3.05) is 5.32 Å². The Kier molecular flexibility index (Phi) is 6.49. The monoisotopic (exact) mass is 505 g/mol. The van der Waals surface area contributed by atoms with Crippen molar-refractivity contribution in [3.8, 4) is 5.75 Å². The highest BCUT2D eigenvalue weighted by Gasteiger charge is 2.15. The summed E-state index contributed by atoms with van der Waals surface area (Å²) in [5.74, 6) is 1.44. The average Bonchev–Trinajstić information content (AvgIpc) is 3.46. The molecule has 0 aliphatic carbocycles. The zero-order chi connectivity index (χ0) is 24.4. The van der Waals surface area contributed by atoms with Crippen LogP contribution in [0.2, 0.25) is 10.0 Å². The first kappa shape index (κ1) is 23.0. The molecule has 8 heteroatoms. The number of furan rings is 1. The minimum Gasteiger partial charge on any atom is -0.486 e. The summed E-state index contributed by atoms with van der Waals surface area (Å²) in [5.41, 5.74) is 1.61. The van der Waals surface area contributed by atoms with Crippen LogP contribution in [0.1, 0.15) is 27.6 Å². The number of rotatable bonds is 7. The molecule has 0 saturated carbocycles. The van der Waals surface area contributed by atoms with Gasteiger partial charge in [0.05, 0.1) is 6.54 Å². The number of aromatic nitrogens is 2. The van der Waals surface area contributed by atoms with Crippen LogP contribution in [0.3, 0.4) is 0 Å². The second-order valence-electron chi connectivity index (χ2n) is 8.05. The molecule has 0 fully saturated rings. The molecule has 1 amide bonds. The lowest BCUT2D eigenvalue weighted by Crippen LogP contribution is -2.12. The van der Waals surface area contributed by atoms with Gasteiger partial charge < -0.3 is 14.5 Å². The van der Waals surface area contributed by atoms with Crippen LogP contribution < -0.4 is 10.1 Å². The Morgan fingerprint density at radius 3 is 2.54 bits per heavy atom. The molecule has 0 spiro atoms. The maximum Gasteiger partial charge on any atom is 0.292 e. The van der Waals surface area contributed by atoms with Gasteiger partial charge in [0.25, 0.3) is 5.91 Å². The number of benzene rings is 3. The standard InChI is InChI=1S/C27H21Cl2N3O3/c1-17-13-26(31-32(17)15-22-23(28)7-4-8-24(22)29)30-27(33)25-12-11-21(35-25)16-34-20-10-9-18-5-2-3-6-19(18)14-20/h2-14H,15-16H2,1H3,(H,30,31,33). The third-order valence-corrected chi connectivity index (χ3v) is 6.29. The van der Waals surface area contributed by atoms with E-state index in [-0.39, 0.29) is 12.4 Å². The predicted octanol–water partition coefficient (Wildman–Crippen LogP) is 7.12. The molecule has 0 atom stereocenters. The predicted molar refractivity (Wildman–Crippen MR) is 137 cm³/mol. The maximum absolute atomic E-state index is 12.7. The van der Waals surface area contributed by atoms with Gasteiger partial charge in [-0.3, -0.25) is 9.48 Å². The zero-order valence-electron chi connectivity index (χ0n) is 18.8. The number of carbonyl (C=O) groups is 1. The molecule has 3 aromatic carbocycles. The zero-order valence-corrected chi connectivity index (χ0v) is 20.3. The molecule has 2 heterocycles. The van der Waals surface area contributed by atoms with Crippen molar-refractivity contribution >= 4 is 45.7 Å². The number of nitrogens with one attached hydrogen (secondary N) is 1. The van der Waals surface area contributed by atoms with Gasteiger partial charge in [0.2, 0.25) is 0 Å². The molecule has 0 saturated heterocycles. The number of anilines is 1. The Labute approximate surface area is 212 Å². The van der Waals surface area contributed by atoms with Crippen molar-refractivity contribution < 1.29 is 13.9 Å². The van der Waals surface area contributed by atoms with E-state index in [9.17, 15) is 4.79 Å². The maximum atomic E-state index is 12.7. The van der Waals surface area contributed by atoms with Gasteiger partial charge >= 0.3 is 0 Å². The molecule has 35 heavy (non-hydrogen) atoms. The third kappa shape index (κ3) is 5.19. The summed E-state index contributed by atoms with van der Waals surface area (Å²) in [4.78, 5) is 12.7. The van der Waals surface area contributed by atoms with Crippen molar-refractivity contribution in [2.24, 2.45) is 0 Å². The molecule has 0 radical (unpaired) electrons. The van der Waals surface area contributed by atoms with Gasteiger partial charge in [-0.2, -0.15) is 5.10 Å². The normalized spacial score (nSPS) is 11.1. The van der Waals surface area contributed by atoms with Crippen LogP contribution in [0.5, 0.6) is 5.75 Å². The van der Waals surface area contributed by atoms with Crippen LogP contribution in [0.25, 0.3) is 10.8 Å². The summed E-state index contributed by atoms with van der Waals surface area (Å²) in [6, 6.07) is 24.4. The van der Waals surface area contributed by atoms with Crippen LogP contribution in [0, 0.1) is 6.92 Å². The van der Waals surface area contributed by atoms with E-state index >= 15 is 0 Å². The Hall–Kier alpha value is -3.74. The first-order valence-corrected chi connectivity index (χ1v) is 11.7. The van der Waals surface area contributed by atoms with E-state index in [2.05, 4.69) is 10.4 Å². The minimum absolute atomic E-state index is 0.170. The van der Waals surface area contributed by atoms with Crippen LogP contribution in [0.4, 0.5) is 5.82 Å². The second-order valence-corrected chi connectivity index (χ2v) is 8.86. The molecule has 176 valence electrons. The number of carbonyl (C=O) groups excluding carboxylic acids is 1. The number of hydrogen-bond acceptors (Lipinski definition) is 4. The summed E-state index contributed by atoms with van der Waals surface area (Å²) in [6.45, 7) is 2.48. The molecule has 6 nitrogen and oxygen atoms in total. The van der Waals surface area contributed by atoms with Gasteiger partial charge in [-0.15, -0.1) is 0 Å². The number of ether oxygens (including phenoxy) is 1. The number of aryl methyl sites for hydroxylation is 1. The van der Waals surface area contributed by atoms with Crippen molar-refractivity contribution in [1.82, 2.24) is 9.78 Å². The topological polar surface area (TPSA) is 69.3 Å². The van der Waals surface area contributed by atoms with E-state index in [0.29, 0.717) is 28.2 Å². The highest BCUT2D eigenvalue weighted by atomic mass is 35.5. The quantitative estimate of drug-likeness (QED) is 0.255. The Morgan fingerprint density at radius 2 is 1.74 bits per heavy atom. The Balaban J connectivity index is 1.22. The largest absolute Gasteiger partial charge is 0.486 e. The van der Waals surface area contributed by atoms with Crippen molar-refractivity contribution in [3.63, 3.8) is 0 Å². The number of halogens is 2. The Bertz CT molecular complexity index is 1500. The van der Waals surface area contributed by atoms with Gasteiger partial charge in [0.15, 0.2) is 11.6 Å². The minimum atomic E-state index is -0.401. The van der Waals surface area contributed by atoms with Gasteiger partial charge in [-0.25, -0.2) is 0 Å². The number of fused-ring (bicyclic) bond motifs is 1. The van der Waals surface area contributed by atoms with Crippen LogP contribution >= 0.6 is 23.2 Å². The van der Waals surface area contributed by atoms with E-state index in [1.54, 1.807) is 41.1 Å². The first-order valence-electron chi connectivity index (χ1n) is 11.0. The fourth-order valence-electron chi connectivity index (χ4n) is 3.73. The number of hydrogen-bond donors (Lipinski definition) is 1. The molecule has 0 unspecified atom stereocenters. The van der Waals surface area contributed by atoms with E-state index in [1.165, 1.54) is 0 Å². The molecular formula is C27H21Cl2N3O3. The summed E-state index contributed by atoms with van der Waals surface area (Å²) >= 11 is 12.6. The van der Waals surface area contributed by atoms with Crippen molar-refractivity contribution in [2.45, 2.75) is 20.1 Å². The fourth-order valence-corrected chi connectivity index (χ4v) is 4.25. The summed E-state index contributed by atoms with van der Waals surface area (Å²) < 4.78 is 13.3. The molecule has 5 aromatic rings. The molecule has 5 rings (SSSR count). The molecule has 0 aliphatic heterocycles. The highest BCUT2D eigenvalue weighted by Crippen LogP contribution is 2.26. The molecular weight excluding hydrogens is 485 g/mol. The molecule has 2 aromatic heterocycles. The van der Waals surface area contributed by atoms with Gasteiger partial charge in [0, 0.05) is 27.4 Å². The lowest BCUT2D eigenvalue weighted by molar-refractivity contribution is 0.0992. The fraction of sp³-hybridized carbons (Fsp3) is 0.111. The second kappa shape index (κ2) is 9.86. The van der Waals surface area contributed by atoms with Crippen LogP contribution in [-0.2, 0) is 13.2 Å². The summed E-state index contributed by atoms with van der Waals surface area (Å²) in [5, 5.41) is 10.6. The summed E-state index contributed by atoms with van der Waals surface area (Å²) in [6.07, 6.45) is 0. The van der Waals surface area contributed by atoms with Gasteiger partial charge in [-0.1, -0.05) is 59.6 Å². The van der Waals surface area contributed by atoms with E-state index in [4.69, 9.17) is 32.4 Å². The molecule has 0 bridgehead atoms. The lowest BCUT2D eigenvalue weighted by atomic mass is 10.1. The highest BCUT2D eigenvalue weighted by molar-refractivity contribution is 6.36. The number of nitrogens with zero attached hydrogens (tertiary/aromatic N) is 2. The lowest BCUT2D eigenvalue weighted by Gasteiger charge is -2.08.